The second-order valence-corrected chi connectivity index (χ2v) is 2.97. The maximum atomic E-state index is 5.25. The molecule has 72 valence electrons. The van der Waals surface area contributed by atoms with Crippen molar-refractivity contribution in [1.82, 2.24) is 0 Å². The van der Waals surface area contributed by atoms with E-state index < -0.39 is 0 Å². The Kier molecular flexibility index (Phi) is 3.18. The quantitative estimate of drug-likeness (QED) is 0.711. The molecule has 0 aliphatic carbocycles. The molecule has 0 saturated heterocycles. The zero-order chi connectivity index (χ0) is 9.84. The van der Waals surface area contributed by atoms with Crippen LogP contribution in [-0.4, -0.2) is 14.2 Å². The Morgan fingerprint density at radius 1 is 1.15 bits per heavy atom. The van der Waals surface area contributed by atoms with E-state index in [-0.39, 0.29) is 0 Å². The van der Waals surface area contributed by atoms with Crippen molar-refractivity contribution in [2.45, 2.75) is 20.3 Å². The first-order valence-electron chi connectivity index (χ1n) is 4.44. The monoisotopic (exact) mass is 180 g/mol. The van der Waals surface area contributed by atoms with E-state index in [0.717, 1.165) is 17.9 Å². The van der Waals surface area contributed by atoms with Gasteiger partial charge in [0.25, 0.3) is 0 Å². The lowest BCUT2D eigenvalue weighted by molar-refractivity contribution is 0.391. The van der Waals surface area contributed by atoms with Gasteiger partial charge in [-0.2, -0.15) is 0 Å². The smallest absolute Gasteiger partial charge is 0.125 e. The second-order valence-electron chi connectivity index (χ2n) is 2.97. The Morgan fingerprint density at radius 3 is 2.31 bits per heavy atom. The topological polar surface area (TPSA) is 18.5 Å². The van der Waals surface area contributed by atoms with Crippen LogP contribution in [0, 0.1) is 6.92 Å². The van der Waals surface area contributed by atoms with Gasteiger partial charge < -0.3 is 9.47 Å². The molecule has 0 N–H and O–H groups in total. The molecule has 1 rings (SSSR count). The van der Waals surface area contributed by atoms with Crippen molar-refractivity contribution in [2.24, 2.45) is 0 Å². The molecule has 0 bridgehead atoms. The molecule has 0 amide bonds. The van der Waals surface area contributed by atoms with E-state index in [1.165, 1.54) is 11.1 Å². The summed E-state index contributed by atoms with van der Waals surface area (Å²) in [5, 5.41) is 0. The molecule has 0 atom stereocenters. The van der Waals surface area contributed by atoms with Gasteiger partial charge in [-0.1, -0.05) is 6.92 Å². The van der Waals surface area contributed by atoms with Crippen LogP contribution in [0.4, 0.5) is 0 Å². The first-order valence-corrected chi connectivity index (χ1v) is 4.44. The van der Waals surface area contributed by atoms with Crippen molar-refractivity contribution in [2.75, 3.05) is 14.2 Å². The summed E-state index contributed by atoms with van der Waals surface area (Å²) < 4.78 is 10.4. The van der Waals surface area contributed by atoms with E-state index in [9.17, 15) is 0 Å². The molecule has 13 heavy (non-hydrogen) atoms. The van der Waals surface area contributed by atoms with Crippen molar-refractivity contribution in [3.63, 3.8) is 0 Å². The number of hydrogen-bond donors (Lipinski definition) is 0. The fourth-order valence-electron chi connectivity index (χ4n) is 1.41. The normalized spacial score (nSPS) is 9.85. The molecule has 0 heterocycles. The summed E-state index contributed by atoms with van der Waals surface area (Å²) in [5.74, 6) is 1.76. The number of hydrogen-bond acceptors (Lipinski definition) is 2. The number of aryl methyl sites for hydroxylation is 1. The summed E-state index contributed by atoms with van der Waals surface area (Å²) in [6, 6.07) is 3.96. The van der Waals surface area contributed by atoms with Crippen molar-refractivity contribution in [3.8, 4) is 11.5 Å². The fourth-order valence-corrected chi connectivity index (χ4v) is 1.41. The molecule has 2 nitrogen and oxygen atoms in total. The van der Waals surface area contributed by atoms with Crippen LogP contribution in [0.15, 0.2) is 12.1 Å². The first kappa shape index (κ1) is 9.90. The van der Waals surface area contributed by atoms with Gasteiger partial charge in [0, 0.05) is 6.07 Å². The molecule has 0 saturated carbocycles. The van der Waals surface area contributed by atoms with Crippen molar-refractivity contribution < 1.29 is 9.47 Å². The molecule has 0 unspecified atom stereocenters. The molecule has 0 aromatic heterocycles. The van der Waals surface area contributed by atoms with Crippen molar-refractivity contribution >= 4 is 0 Å². The number of methoxy groups -OCH3 is 2. The maximum Gasteiger partial charge on any atom is 0.125 e. The number of rotatable bonds is 3. The Balaban J connectivity index is 3.20. The van der Waals surface area contributed by atoms with Gasteiger partial charge >= 0.3 is 0 Å². The van der Waals surface area contributed by atoms with E-state index in [1.54, 1.807) is 14.2 Å². The highest BCUT2D eigenvalue weighted by molar-refractivity contribution is 5.45. The van der Waals surface area contributed by atoms with Gasteiger partial charge in [0.15, 0.2) is 0 Å². The standard InChI is InChI=1S/C11H16O2/c1-5-9-6-10(12-3)7-11(13-4)8(9)2/h6-7H,5H2,1-4H3. The van der Waals surface area contributed by atoms with Gasteiger partial charge in [0.1, 0.15) is 11.5 Å². The van der Waals surface area contributed by atoms with Crippen LogP contribution >= 0.6 is 0 Å². The minimum Gasteiger partial charge on any atom is -0.497 e. The van der Waals surface area contributed by atoms with E-state index in [4.69, 9.17) is 9.47 Å². The Labute approximate surface area is 79.5 Å². The Morgan fingerprint density at radius 2 is 1.85 bits per heavy atom. The summed E-state index contributed by atoms with van der Waals surface area (Å²) >= 11 is 0. The van der Waals surface area contributed by atoms with Gasteiger partial charge in [-0.05, 0) is 30.5 Å². The number of ether oxygens (including phenoxy) is 2. The summed E-state index contributed by atoms with van der Waals surface area (Å²) in [6.07, 6.45) is 0.999. The van der Waals surface area contributed by atoms with E-state index in [1.807, 2.05) is 6.07 Å². The number of benzene rings is 1. The fraction of sp³-hybridized carbons (Fsp3) is 0.455. The average molecular weight is 180 g/mol. The molecule has 2 heteroatoms. The zero-order valence-corrected chi connectivity index (χ0v) is 8.68. The molecular formula is C11H16O2. The third-order valence-electron chi connectivity index (χ3n) is 2.28. The lowest BCUT2D eigenvalue weighted by atomic mass is 10.1. The van der Waals surface area contributed by atoms with Gasteiger partial charge in [-0.25, -0.2) is 0 Å². The van der Waals surface area contributed by atoms with Crippen LogP contribution in [0.5, 0.6) is 11.5 Å². The summed E-state index contributed by atoms with van der Waals surface area (Å²) in [7, 11) is 3.35. The molecule has 0 aliphatic heterocycles. The van der Waals surface area contributed by atoms with Gasteiger partial charge in [-0.3, -0.25) is 0 Å². The summed E-state index contributed by atoms with van der Waals surface area (Å²) in [6.45, 7) is 4.19. The molecule has 0 radical (unpaired) electrons. The average Bonchev–Trinajstić information content (AvgIpc) is 2.18. The maximum absolute atomic E-state index is 5.25. The largest absolute Gasteiger partial charge is 0.497 e. The molecule has 1 aromatic rings. The summed E-state index contributed by atoms with van der Waals surface area (Å²) in [4.78, 5) is 0. The molecule has 1 aromatic carbocycles. The molecule has 0 aliphatic rings. The van der Waals surface area contributed by atoms with Gasteiger partial charge in [0.05, 0.1) is 14.2 Å². The van der Waals surface area contributed by atoms with Crippen LogP contribution in [0.1, 0.15) is 18.1 Å². The molecular weight excluding hydrogens is 164 g/mol. The van der Waals surface area contributed by atoms with Gasteiger partial charge in [0.2, 0.25) is 0 Å². The minimum atomic E-state index is 0.860. The third-order valence-corrected chi connectivity index (χ3v) is 2.28. The van der Waals surface area contributed by atoms with E-state index >= 15 is 0 Å². The van der Waals surface area contributed by atoms with Gasteiger partial charge in [-0.15, -0.1) is 0 Å². The highest BCUT2D eigenvalue weighted by Crippen LogP contribution is 2.27. The SMILES string of the molecule is CCc1cc(OC)cc(OC)c1C. The predicted octanol–water partition coefficient (Wildman–Crippen LogP) is 2.57. The van der Waals surface area contributed by atoms with Crippen LogP contribution in [0.2, 0.25) is 0 Å². The van der Waals surface area contributed by atoms with Crippen LogP contribution < -0.4 is 9.47 Å². The Bertz CT molecular complexity index is 267. The lowest BCUT2D eigenvalue weighted by Crippen LogP contribution is -1.94. The first-order chi connectivity index (χ1) is 6.22. The van der Waals surface area contributed by atoms with Crippen molar-refractivity contribution in [1.29, 1.82) is 0 Å². The summed E-state index contributed by atoms with van der Waals surface area (Å²) in [5.41, 5.74) is 2.47. The predicted molar refractivity (Wildman–Crippen MR) is 53.7 cm³/mol. The van der Waals surface area contributed by atoms with Crippen LogP contribution in [0.3, 0.4) is 0 Å². The van der Waals surface area contributed by atoms with Crippen LogP contribution in [0.25, 0.3) is 0 Å². The highest BCUT2D eigenvalue weighted by Gasteiger charge is 2.05. The minimum absolute atomic E-state index is 0.860. The second kappa shape index (κ2) is 4.17. The molecule has 0 fully saturated rings. The third kappa shape index (κ3) is 1.94. The highest BCUT2D eigenvalue weighted by atomic mass is 16.5. The molecule has 0 spiro atoms. The van der Waals surface area contributed by atoms with E-state index in [2.05, 4.69) is 19.9 Å². The van der Waals surface area contributed by atoms with E-state index in [0.29, 0.717) is 0 Å². The Hall–Kier alpha value is -1.18. The van der Waals surface area contributed by atoms with Crippen LogP contribution in [-0.2, 0) is 6.42 Å². The lowest BCUT2D eigenvalue weighted by Gasteiger charge is -2.11. The van der Waals surface area contributed by atoms with Crippen molar-refractivity contribution in [3.05, 3.63) is 23.3 Å². The zero-order valence-electron chi connectivity index (χ0n) is 8.68.